The van der Waals surface area contributed by atoms with Crippen molar-refractivity contribution in [1.29, 1.82) is 0 Å². The van der Waals surface area contributed by atoms with E-state index in [9.17, 15) is 18.0 Å². The first kappa shape index (κ1) is 13.7. The second kappa shape index (κ2) is 4.77. The van der Waals surface area contributed by atoms with E-state index in [0.29, 0.717) is 6.07 Å². The molecule has 0 bridgehead atoms. The van der Waals surface area contributed by atoms with Gasteiger partial charge in [0, 0.05) is 12.3 Å². The predicted molar refractivity (Wildman–Crippen MR) is 60.5 cm³/mol. The van der Waals surface area contributed by atoms with Gasteiger partial charge in [0.25, 0.3) is 5.91 Å². The van der Waals surface area contributed by atoms with Gasteiger partial charge >= 0.3 is 6.18 Å². The maximum atomic E-state index is 12.7. The van der Waals surface area contributed by atoms with Gasteiger partial charge in [-0.25, -0.2) is 15.5 Å². The number of nitrogens with zero attached hydrogens (tertiary/aromatic N) is 4. The normalized spacial score (nSPS) is 11.4. The fourth-order valence-corrected chi connectivity index (χ4v) is 1.34. The van der Waals surface area contributed by atoms with E-state index in [-0.39, 0.29) is 11.5 Å². The highest BCUT2D eigenvalue weighted by Gasteiger charge is 2.34. The van der Waals surface area contributed by atoms with Gasteiger partial charge in [-0.15, -0.1) is 0 Å². The molecule has 5 N–H and O–H groups in total. The molecule has 0 aliphatic carbocycles. The van der Waals surface area contributed by atoms with Crippen LogP contribution in [0.5, 0.6) is 0 Å². The number of amides is 1. The molecule has 20 heavy (non-hydrogen) atoms. The number of halogens is 3. The summed E-state index contributed by atoms with van der Waals surface area (Å²) in [5.74, 6) is 3.55. The Kier molecular flexibility index (Phi) is 3.28. The highest BCUT2D eigenvalue weighted by Crippen LogP contribution is 2.29. The lowest BCUT2D eigenvalue weighted by molar-refractivity contribution is -0.141. The summed E-state index contributed by atoms with van der Waals surface area (Å²) in [4.78, 5) is 17.8. The standard InChI is InChI=1S/C9H8F3N7O/c10-9(11,12)5-3-6(16-8(15-5)17-14)19-2-1-4(18-19)7(13)20/h1-3H,14H2,(H2,13,20)(H,15,16,17). The van der Waals surface area contributed by atoms with E-state index in [0.717, 1.165) is 4.68 Å². The highest BCUT2D eigenvalue weighted by molar-refractivity contribution is 5.90. The molecule has 106 valence electrons. The van der Waals surface area contributed by atoms with Crippen molar-refractivity contribution in [2.45, 2.75) is 6.18 Å². The summed E-state index contributed by atoms with van der Waals surface area (Å²) in [6.07, 6.45) is -3.44. The van der Waals surface area contributed by atoms with Crippen LogP contribution in [0.1, 0.15) is 16.2 Å². The van der Waals surface area contributed by atoms with Crippen LogP contribution in [0.15, 0.2) is 18.3 Å². The molecule has 0 aromatic carbocycles. The lowest BCUT2D eigenvalue weighted by atomic mass is 10.4. The molecular formula is C9H8F3N7O. The molecule has 2 rings (SSSR count). The number of aromatic nitrogens is 4. The molecule has 0 aliphatic rings. The predicted octanol–water partition coefficient (Wildman–Crippen LogP) is 0.0656. The zero-order chi connectivity index (χ0) is 14.9. The second-order valence-corrected chi connectivity index (χ2v) is 3.59. The Bertz CT molecular complexity index is 651. The average Bonchev–Trinajstić information content (AvgIpc) is 2.87. The number of primary amides is 1. The number of rotatable bonds is 3. The van der Waals surface area contributed by atoms with Crippen LogP contribution in [-0.4, -0.2) is 25.7 Å². The lowest BCUT2D eigenvalue weighted by Crippen LogP contribution is -2.17. The molecule has 2 aromatic rings. The third kappa shape index (κ3) is 2.66. The maximum absolute atomic E-state index is 12.7. The van der Waals surface area contributed by atoms with Gasteiger partial charge in [0.15, 0.2) is 11.5 Å². The van der Waals surface area contributed by atoms with Gasteiger partial charge < -0.3 is 5.73 Å². The first-order chi connectivity index (χ1) is 9.31. The summed E-state index contributed by atoms with van der Waals surface area (Å²) in [7, 11) is 0. The van der Waals surface area contributed by atoms with Crippen LogP contribution in [0.4, 0.5) is 19.1 Å². The van der Waals surface area contributed by atoms with Gasteiger partial charge in [-0.2, -0.15) is 23.3 Å². The summed E-state index contributed by atoms with van der Waals surface area (Å²) in [5, 5.41) is 3.69. The number of hydrazine groups is 1. The van der Waals surface area contributed by atoms with Gasteiger partial charge in [-0.1, -0.05) is 0 Å². The third-order valence-corrected chi connectivity index (χ3v) is 2.21. The summed E-state index contributed by atoms with van der Waals surface area (Å²) in [5.41, 5.74) is 5.61. The molecule has 0 aliphatic heterocycles. The van der Waals surface area contributed by atoms with E-state index in [1.807, 2.05) is 5.43 Å². The number of hydrogen-bond donors (Lipinski definition) is 3. The van der Waals surface area contributed by atoms with Crippen molar-refractivity contribution in [3.8, 4) is 5.82 Å². The summed E-state index contributed by atoms with van der Waals surface area (Å²) < 4.78 is 39.0. The fourth-order valence-electron chi connectivity index (χ4n) is 1.34. The van der Waals surface area contributed by atoms with Gasteiger partial charge in [0.05, 0.1) is 0 Å². The number of nitrogens with one attached hydrogen (secondary N) is 1. The number of nitrogen functional groups attached to an aromatic ring is 1. The van der Waals surface area contributed by atoms with Crippen molar-refractivity contribution in [1.82, 2.24) is 19.7 Å². The average molecular weight is 287 g/mol. The zero-order valence-electron chi connectivity index (χ0n) is 9.72. The molecule has 0 saturated carbocycles. The first-order valence-corrected chi connectivity index (χ1v) is 5.10. The van der Waals surface area contributed by atoms with Crippen molar-refractivity contribution in [2.24, 2.45) is 11.6 Å². The summed E-state index contributed by atoms with van der Waals surface area (Å²) in [6, 6.07) is 1.91. The quantitative estimate of drug-likeness (QED) is 0.541. The Morgan fingerprint density at radius 2 is 2.05 bits per heavy atom. The molecule has 2 aromatic heterocycles. The van der Waals surface area contributed by atoms with Crippen molar-refractivity contribution in [3.05, 3.63) is 29.7 Å². The van der Waals surface area contributed by atoms with E-state index in [1.54, 1.807) is 0 Å². The Hall–Kier alpha value is -2.69. The van der Waals surface area contributed by atoms with Gasteiger partial charge in [0.1, 0.15) is 5.69 Å². The molecule has 0 radical (unpaired) electrons. The lowest BCUT2D eigenvalue weighted by Gasteiger charge is -2.09. The number of alkyl halides is 3. The molecule has 2 heterocycles. The number of carbonyl (C=O) groups is 1. The zero-order valence-corrected chi connectivity index (χ0v) is 9.72. The Morgan fingerprint density at radius 1 is 1.35 bits per heavy atom. The number of nitrogens with two attached hydrogens (primary N) is 2. The molecule has 0 fully saturated rings. The van der Waals surface area contributed by atoms with Crippen LogP contribution in [0, 0.1) is 0 Å². The van der Waals surface area contributed by atoms with E-state index < -0.39 is 23.7 Å². The molecular weight excluding hydrogens is 279 g/mol. The van der Waals surface area contributed by atoms with Crippen molar-refractivity contribution in [2.75, 3.05) is 5.43 Å². The molecule has 0 atom stereocenters. The van der Waals surface area contributed by atoms with Gasteiger partial charge in [-0.05, 0) is 6.07 Å². The van der Waals surface area contributed by atoms with Crippen LogP contribution in [0.3, 0.4) is 0 Å². The van der Waals surface area contributed by atoms with Gasteiger partial charge in [-0.3, -0.25) is 10.2 Å². The van der Waals surface area contributed by atoms with Crippen LogP contribution in [-0.2, 0) is 6.18 Å². The highest BCUT2D eigenvalue weighted by atomic mass is 19.4. The molecule has 8 nitrogen and oxygen atoms in total. The monoisotopic (exact) mass is 287 g/mol. The maximum Gasteiger partial charge on any atom is 0.433 e. The minimum absolute atomic E-state index is 0.112. The number of anilines is 1. The van der Waals surface area contributed by atoms with Crippen LogP contribution in [0.2, 0.25) is 0 Å². The van der Waals surface area contributed by atoms with Crippen molar-refractivity contribution >= 4 is 11.9 Å². The topological polar surface area (TPSA) is 125 Å². The number of carbonyl (C=O) groups excluding carboxylic acids is 1. The smallest absolute Gasteiger partial charge is 0.364 e. The van der Waals surface area contributed by atoms with Gasteiger partial charge in [0.2, 0.25) is 5.95 Å². The Balaban J connectivity index is 2.52. The Labute approximate surface area is 109 Å². The van der Waals surface area contributed by atoms with Crippen molar-refractivity contribution in [3.63, 3.8) is 0 Å². The molecule has 0 saturated heterocycles. The van der Waals surface area contributed by atoms with Crippen LogP contribution >= 0.6 is 0 Å². The fraction of sp³-hybridized carbons (Fsp3) is 0.111. The van der Waals surface area contributed by atoms with E-state index in [1.165, 1.54) is 12.3 Å². The molecule has 11 heteroatoms. The second-order valence-electron chi connectivity index (χ2n) is 3.59. The third-order valence-electron chi connectivity index (χ3n) is 2.21. The minimum Gasteiger partial charge on any atom is -0.364 e. The Morgan fingerprint density at radius 3 is 2.55 bits per heavy atom. The van der Waals surface area contributed by atoms with E-state index in [4.69, 9.17) is 11.6 Å². The summed E-state index contributed by atoms with van der Waals surface area (Å²) >= 11 is 0. The summed E-state index contributed by atoms with van der Waals surface area (Å²) in [6.45, 7) is 0. The minimum atomic E-state index is -4.68. The van der Waals surface area contributed by atoms with Crippen LogP contribution < -0.4 is 17.0 Å². The molecule has 0 unspecified atom stereocenters. The van der Waals surface area contributed by atoms with E-state index >= 15 is 0 Å². The largest absolute Gasteiger partial charge is 0.433 e. The SMILES string of the molecule is NNc1nc(-n2ccc(C(N)=O)n2)cc(C(F)(F)F)n1. The van der Waals surface area contributed by atoms with Crippen LogP contribution in [0.25, 0.3) is 5.82 Å². The molecule has 0 spiro atoms. The molecule has 1 amide bonds. The van der Waals surface area contributed by atoms with Crippen molar-refractivity contribution < 1.29 is 18.0 Å². The number of hydrogen-bond acceptors (Lipinski definition) is 6. The van der Waals surface area contributed by atoms with E-state index in [2.05, 4.69) is 15.1 Å². The first-order valence-electron chi connectivity index (χ1n) is 5.10.